The topological polar surface area (TPSA) is 77.0 Å². The summed E-state index contributed by atoms with van der Waals surface area (Å²) < 4.78 is 11.3. The van der Waals surface area contributed by atoms with Crippen molar-refractivity contribution in [2.45, 2.75) is 26.8 Å². The zero-order chi connectivity index (χ0) is 19.0. The van der Waals surface area contributed by atoms with E-state index in [1.165, 1.54) is 22.5 Å². The van der Waals surface area contributed by atoms with E-state index < -0.39 is 0 Å². The fraction of sp³-hybridized carbons (Fsp3) is 0.400. The lowest BCUT2D eigenvalue weighted by molar-refractivity contribution is -0.921. The molecule has 1 aromatic carbocycles. The van der Waals surface area contributed by atoms with Crippen molar-refractivity contribution in [3.05, 3.63) is 44.8 Å². The molecule has 1 aliphatic heterocycles. The number of aromatic hydroxyl groups is 1. The monoisotopic (exact) mass is 387 g/mol. The van der Waals surface area contributed by atoms with Gasteiger partial charge in [0.05, 0.1) is 29.7 Å². The molecule has 6 nitrogen and oxygen atoms in total. The Bertz CT molecular complexity index is 1030. The van der Waals surface area contributed by atoms with Crippen molar-refractivity contribution in [1.29, 1.82) is 0 Å². The third-order valence-electron chi connectivity index (χ3n) is 5.07. The van der Waals surface area contributed by atoms with E-state index in [0.717, 1.165) is 24.3 Å². The van der Waals surface area contributed by atoms with Crippen molar-refractivity contribution < 1.29 is 19.2 Å². The summed E-state index contributed by atoms with van der Waals surface area (Å²) in [5.41, 5.74) is 3.21. The third-order valence-corrected chi connectivity index (χ3v) is 6.06. The smallest absolute Gasteiger partial charge is 0.202 e. The van der Waals surface area contributed by atoms with Crippen molar-refractivity contribution in [2.75, 3.05) is 26.3 Å². The zero-order valence-corrected chi connectivity index (χ0v) is 16.3. The molecular weight excluding hydrogens is 364 g/mol. The first-order valence-corrected chi connectivity index (χ1v) is 10.1. The molecule has 0 radical (unpaired) electrons. The number of hydrogen-bond donors (Lipinski definition) is 2. The molecule has 0 bridgehead atoms. The molecule has 1 aliphatic rings. The molecule has 142 valence electrons. The van der Waals surface area contributed by atoms with Crippen LogP contribution in [0.15, 0.2) is 26.9 Å². The molecule has 7 heteroatoms. The Morgan fingerprint density at radius 3 is 2.78 bits per heavy atom. The van der Waals surface area contributed by atoms with E-state index in [0.29, 0.717) is 53.3 Å². The fourth-order valence-corrected chi connectivity index (χ4v) is 4.34. The van der Waals surface area contributed by atoms with Gasteiger partial charge in [0.15, 0.2) is 0 Å². The van der Waals surface area contributed by atoms with Gasteiger partial charge < -0.3 is 19.2 Å². The van der Waals surface area contributed by atoms with E-state index in [-0.39, 0.29) is 11.2 Å². The molecule has 0 saturated carbocycles. The third kappa shape index (κ3) is 3.38. The number of morpholine rings is 1. The maximum atomic E-state index is 13.2. The van der Waals surface area contributed by atoms with Gasteiger partial charge >= 0.3 is 0 Å². The number of aryl methyl sites for hydroxylation is 2. The van der Waals surface area contributed by atoms with E-state index in [4.69, 9.17) is 9.15 Å². The van der Waals surface area contributed by atoms with E-state index in [1.54, 1.807) is 6.07 Å². The average molecular weight is 387 g/mol. The molecule has 0 spiro atoms. The van der Waals surface area contributed by atoms with Crippen molar-refractivity contribution >= 4 is 22.3 Å². The maximum absolute atomic E-state index is 13.2. The van der Waals surface area contributed by atoms with Gasteiger partial charge in [-0.25, -0.2) is 4.98 Å². The zero-order valence-electron chi connectivity index (χ0n) is 15.5. The molecule has 2 aromatic heterocycles. The van der Waals surface area contributed by atoms with Crippen LogP contribution in [0.25, 0.3) is 21.5 Å². The molecule has 3 heterocycles. The summed E-state index contributed by atoms with van der Waals surface area (Å²) in [5.74, 6) is 0.241. The van der Waals surface area contributed by atoms with Gasteiger partial charge in [0.1, 0.15) is 42.2 Å². The normalized spacial score (nSPS) is 15.5. The van der Waals surface area contributed by atoms with E-state index in [9.17, 15) is 9.90 Å². The summed E-state index contributed by atoms with van der Waals surface area (Å²) in [5, 5.41) is 13.9. The molecule has 1 fully saturated rings. The number of phenolic OH excluding ortho intramolecular Hbond substituents is 1. The number of nitrogens with zero attached hydrogens (tertiary/aromatic N) is 1. The number of quaternary nitrogens is 1. The van der Waals surface area contributed by atoms with Gasteiger partial charge in [0.25, 0.3) is 0 Å². The molecule has 27 heavy (non-hydrogen) atoms. The highest BCUT2D eigenvalue weighted by molar-refractivity contribution is 7.13. The van der Waals surface area contributed by atoms with Gasteiger partial charge in [0.2, 0.25) is 5.43 Å². The van der Waals surface area contributed by atoms with Crippen LogP contribution in [0.1, 0.15) is 23.7 Å². The molecule has 0 unspecified atom stereocenters. The molecule has 4 rings (SSSR count). The lowest BCUT2D eigenvalue weighted by atomic mass is 10.0. The molecule has 0 aliphatic carbocycles. The Morgan fingerprint density at radius 2 is 2.11 bits per heavy atom. The van der Waals surface area contributed by atoms with Gasteiger partial charge in [-0.3, -0.25) is 4.79 Å². The molecule has 0 atom stereocenters. The molecule has 2 N–H and O–H groups in total. The summed E-state index contributed by atoms with van der Waals surface area (Å²) in [6.45, 7) is 7.65. The van der Waals surface area contributed by atoms with Crippen LogP contribution in [0.5, 0.6) is 5.75 Å². The van der Waals surface area contributed by atoms with Gasteiger partial charge in [-0.15, -0.1) is 11.3 Å². The Labute approximate surface area is 161 Å². The van der Waals surface area contributed by atoms with Gasteiger partial charge in [-0.05, 0) is 25.0 Å². The van der Waals surface area contributed by atoms with Crippen molar-refractivity contribution in [1.82, 2.24) is 4.98 Å². The largest absolute Gasteiger partial charge is 0.507 e. The second-order valence-corrected chi connectivity index (χ2v) is 7.76. The first-order valence-electron chi connectivity index (χ1n) is 9.21. The Morgan fingerprint density at radius 1 is 1.33 bits per heavy atom. The van der Waals surface area contributed by atoms with Crippen molar-refractivity contribution in [3.63, 3.8) is 0 Å². The van der Waals surface area contributed by atoms with Crippen LogP contribution in [0.2, 0.25) is 0 Å². The Balaban J connectivity index is 1.87. The molecule has 3 aromatic rings. The van der Waals surface area contributed by atoms with Gasteiger partial charge in [-0.1, -0.05) is 6.92 Å². The SMILES string of the molecule is CCc1cc2c(=O)c(-c3nc(C)cs3)coc2c(C[NH+]2CCOCC2)c1O. The maximum Gasteiger partial charge on any atom is 0.202 e. The highest BCUT2D eigenvalue weighted by Gasteiger charge is 2.23. The molecular formula is C20H23N2O4S+. The summed E-state index contributed by atoms with van der Waals surface area (Å²) in [7, 11) is 0. The highest BCUT2D eigenvalue weighted by atomic mass is 32.1. The first kappa shape index (κ1) is 18.2. The number of aromatic nitrogens is 1. The summed E-state index contributed by atoms with van der Waals surface area (Å²) in [4.78, 5) is 18.9. The van der Waals surface area contributed by atoms with Gasteiger partial charge in [0, 0.05) is 11.1 Å². The van der Waals surface area contributed by atoms with Crippen LogP contribution >= 0.6 is 11.3 Å². The minimum Gasteiger partial charge on any atom is -0.507 e. The quantitative estimate of drug-likeness (QED) is 0.715. The second kappa shape index (κ2) is 7.42. The highest BCUT2D eigenvalue weighted by Crippen LogP contribution is 2.32. The Hall–Kier alpha value is -2.22. The minimum atomic E-state index is -0.0986. The van der Waals surface area contributed by atoms with E-state index >= 15 is 0 Å². The van der Waals surface area contributed by atoms with Crippen LogP contribution in [0.3, 0.4) is 0 Å². The number of ether oxygens (including phenoxy) is 1. The predicted molar refractivity (Wildman–Crippen MR) is 105 cm³/mol. The number of benzene rings is 1. The van der Waals surface area contributed by atoms with Crippen LogP contribution < -0.4 is 10.3 Å². The van der Waals surface area contributed by atoms with Crippen LogP contribution in [0, 0.1) is 6.92 Å². The minimum absolute atomic E-state index is 0.0986. The summed E-state index contributed by atoms with van der Waals surface area (Å²) in [6, 6.07) is 1.76. The van der Waals surface area contributed by atoms with E-state index in [1.807, 2.05) is 19.2 Å². The first-order chi connectivity index (χ1) is 13.1. The van der Waals surface area contributed by atoms with Crippen LogP contribution in [0.4, 0.5) is 0 Å². The fourth-order valence-electron chi connectivity index (χ4n) is 3.54. The number of nitrogens with one attached hydrogen (secondary N) is 1. The molecule has 0 amide bonds. The van der Waals surface area contributed by atoms with Gasteiger partial charge in [-0.2, -0.15) is 0 Å². The number of rotatable bonds is 4. The molecule has 1 saturated heterocycles. The Kier molecular flexibility index (Phi) is 4.99. The average Bonchev–Trinajstić information content (AvgIpc) is 3.11. The van der Waals surface area contributed by atoms with E-state index in [2.05, 4.69) is 4.98 Å². The lowest BCUT2D eigenvalue weighted by Crippen LogP contribution is -3.12. The number of fused-ring (bicyclic) bond motifs is 1. The number of thiazole rings is 1. The standard InChI is InChI=1S/C20H22N2O4S/c1-3-13-8-14-18(24)16(20-21-12(2)11-27-20)10-26-19(14)15(17(13)23)9-22-4-6-25-7-5-22/h8,10-11,23H,3-7,9H2,1-2H3/p+1. The summed E-state index contributed by atoms with van der Waals surface area (Å²) >= 11 is 1.43. The summed E-state index contributed by atoms with van der Waals surface area (Å²) in [6.07, 6.45) is 2.12. The predicted octanol–water partition coefficient (Wildman–Crippen LogP) is 1.91. The lowest BCUT2D eigenvalue weighted by Gasteiger charge is -2.24. The van der Waals surface area contributed by atoms with Crippen LogP contribution in [-0.2, 0) is 17.7 Å². The number of phenols is 1. The van der Waals surface area contributed by atoms with Crippen LogP contribution in [-0.4, -0.2) is 36.4 Å². The second-order valence-electron chi connectivity index (χ2n) is 6.90. The number of hydrogen-bond acceptors (Lipinski definition) is 6. The van der Waals surface area contributed by atoms with Crippen molar-refractivity contribution in [3.8, 4) is 16.3 Å². The van der Waals surface area contributed by atoms with Crippen molar-refractivity contribution in [2.24, 2.45) is 0 Å².